The Morgan fingerprint density at radius 3 is 2.84 bits per heavy atom. The zero-order chi connectivity index (χ0) is 13.5. The number of hydrogen-bond donors (Lipinski definition) is 1. The SMILES string of the molecule is CC(C)(N)c1nc(C2CCOc3ccccc32)no1. The van der Waals surface area contributed by atoms with Crippen LogP contribution in [-0.2, 0) is 5.54 Å². The molecule has 2 N–H and O–H groups in total. The van der Waals surface area contributed by atoms with Crippen LogP contribution in [0.2, 0.25) is 0 Å². The summed E-state index contributed by atoms with van der Waals surface area (Å²) in [5.41, 5.74) is 6.47. The molecule has 0 saturated carbocycles. The Kier molecular flexibility index (Phi) is 2.78. The first-order valence-corrected chi connectivity index (χ1v) is 6.40. The van der Waals surface area contributed by atoms with E-state index in [9.17, 15) is 0 Å². The van der Waals surface area contributed by atoms with E-state index in [1.807, 2.05) is 38.1 Å². The first-order valence-electron chi connectivity index (χ1n) is 6.40. The molecule has 1 aromatic heterocycles. The summed E-state index contributed by atoms with van der Waals surface area (Å²) in [5, 5.41) is 4.08. The zero-order valence-electron chi connectivity index (χ0n) is 11.1. The van der Waals surface area contributed by atoms with Gasteiger partial charge in [-0.15, -0.1) is 0 Å². The van der Waals surface area contributed by atoms with Gasteiger partial charge in [0.2, 0.25) is 5.89 Å². The molecule has 0 saturated heterocycles. The molecule has 0 radical (unpaired) electrons. The van der Waals surface area contributed by atoms with Crippen molar-refractivity contribution in [3.05, 3.63) is 41.5 Å². The van der Waals surface area contributed by atoms with Gasteiger partial charge in [0, 0.05) is 5.56 Å². The number of ether oxygens (including phenoxy) is 1. The second kappa shape index (κ2) is 4.35. The largest absolute Gasteiger partial charge is 0.493 e. The maximum Gasteiger partial charge on any atom is 0.246 e. The predicted molar refractivity (Wildman–Crippen MR) is 69.9 cm³/mol. The van der Waals surface area contributed by atoms with E-state index in [2.05, 4.69) is 10.1 Å². The zero-order valence-corrected chi connectivity index (χ0v) is 11.1. The van der Waals surface area contributed by atoms with Gasteiger partial charge in [0.15, 0.2) is 5.82 Å². The molecule has 0 aliphatic carbocycles. The molecule has 0 spiro atoms. The van der Waals surface area contributed by atoms with Gasteiger partial charge in [0.05, 0.1) is 18.1 Å². The van der Waals surface area contributed by atoms with Crippen molar-refractivity contribution in [1.82, 2.24) is 10.1 Å². The van der Waals surface area contributed by atoms with Crippen molar-refractivity contribution in [3.8, 4) is 5.75 Å². The highest BCUT2D eigenvalue weighted by molar-refractivity contribution is 5.40. The lowest BCUT2D eigenvalue weighted by atomic mass is 9.92. The Labute approximate surface area is 111 Å². The Hall–Kier alpha value is -1.88. The van der Waals surface area contributed by atoms with E-state index in [-0.39, 0.29) is 5.92 Å². The predicted octanol–water partition coefficient (Wildman–Crippen LogP) is 2.18. The van der Waals surface area contributed by atoms with E-state index in [0.717, 1.165) is 17.7 Å². The molecule has 0 amide bonds. The Morgan fingerprint density at radius 1 is 1.32 bits per heavy atom. The van der Waals surface area contributed by atoms with Crippen LogP contribution in [0.5, 0.6) is 5.75 Å². The van der Waals surface area contributed by atoms with Gasteiger partial charge in [-0.25, -0.2) is 0 Å². The molecule has 1 unspecified atom stereocenters. The first kappa shape index (κ1) is 12.2. The van der Waals surface area contributed by atoms with Gasteiger partial charge in [-0.3, -0.25) is 0 Å². The number of nitrogens with two attached hydrogens (primary N) is 1. The standard InChI is InChI=1S/C14H17N3O2/c1-14(2,15)13-16-12(17-19-13)10-7-8-18-11-6-4-3-5-9(10)11/h3-6,10H,7-8,15H2,1-2H3. The summed E-state index contributed by atoms with van der Waals surface area (Å²) in [6, 6.07) is 7.97. The minimum Gasteiger partial charge on any atom is -0.493 e. The molecule has 1 aromatic carbocycles. The number of fused-ring (bicyclic) bond motifs is 1. The van der Waals surface area contributed by atoms with Crippen LogP contribution in [0.3, 0.4) is 0 Å². The van der Waals surface area contributed by atoms with Crippen LogP contribution in [0.1, 0.15) is 43.5 Å². The summed E-state index contributed by atoms with van der Waals surface area (Å²) in [5.74, 6) is 2.16. The molecule has 100 valence electrons. The first-order chi connectivity index (χ1) is 9.05. The average molecular weight is 259 g/mol. The third-order valence-electron chi connectivity index (χ3n) is 3.26. The van der Waals surface area contributed by atoms with E-state index in [0.29, 0.717) is 18.3 Å². The molecule has 0 fully saturated rings. The number of benzene rings is 1. The maximum absolute atomic E-state index is 5.97. The van der Waals surface area contributed by atoms with Gasteiger partial charge < -0.3 is 15.0 Å². The van der Waals surface area contributed by atoms with Crippen LogP contribution in [0.4, 0.5) is 0 Å². The van der Waals surface area contributed by atoms with Crippen molar-refractivity contribution in [3.63, 3.8) is 0 Å². The van der Waals surface area contributed by atoms with Crippen LogP contribution in [0, 0.1) is 0 Å². The number of rotatable bonds is 2. The molecule has 19 heavy (non-hydrogen) atoms. The van der Waals surface area contributed by atoms with Crippen molar-refractivity contribution < 1.29 is 9.26 Å². The normalized spacial score (nSPS) is 18.8. The molecular weight excluding hydrogens is 242 g/mol. The van der Waals surface area contributed by atoms with E-state index >= 15 is 0 Å². The second-order valence-electron chi connectivity index (χ2n) is 5.41. The molecule has 0 bridgehead atoms. The molecule has 1 aliphatic rings. The van der Waals surface area contributed by atoms with Gasteiger partial charge in [-0.2, -0.15) is 4.98 Å². The van der Waals surface area contributed by atoms with Gasteiger partial charge in [0.1, 0.15) is 5.75 Å². The lowest BCUT2D eigenvalue weighted by molar-refractivity contribution is 0.270. The van der Waals surface area contributed by atoms with Crippen molar-refractivity contribution in [2.45, 2.75) is 31.7 Å². The fraction of sp³-hybridized carbons (Fsp3) is 0.429. The van der Waals surface area contributed by atoms with Crippen molar-refractivity contribution >= 4 is 0 Å². The fourth-order valence-corrected chi connectivity index (χ4v) is 2.25. The van der Waals surface area contributed by atoms with E-state index in [1.165, 1.54) is 0 Å². The van der Waals surface area contributed by atoms with Crippen molar-refractivity contribution in [1.29, 1.82) is 0 Å². The van der Waals surface area contributed by atoms with Crippen LogP contribution in [0.25, 0.3) is 0 Å². The number of para-hydroxylation sites is 1. The number of aromatic nitrogens is 2. The smallest absolute Gasteiger partial charge is 0.246 e. The lowest BCUT2D eigenvalue weighted by Crippen LogP contribution is -2.29. The van der Waals surface area contributed by atoms with E-state index < -0.39 is 5.54 Å². The Balaban J connectivity index is 1.98. The third kappa shape index (κ3) is 2.21. The third-order valence-corrected chi connectivity index (χ3v) is 3.26. The van der Waals surface area contributed by atoms with Crippen LogP contribution in [0.15, 0.2) is 28.8 Å². The summed E-state index contributed by atoms with van der Waals surface area (Å²) in [7, 11) is 0. The molecule has 1 atom stereocenters. The van der Waals surface area contributed by atoms with E-state index in [1.54, 1.807) is 0 Å². The number of nitrogens with zero attached hydrogens (tertiary/aromatic N) is 2. The molecule has 5 nitrogen and oxygen atoms in total. The molecular formula is C14H17N3O2. The lowest BCUT2D eigenvalue weighted by Gasteiger charge is -2.23. The minimum absolute atomic E-state index is 0.116. The van der Waals surface area contributed by atoms with Crippen molar-refractivity contribution in [2.75, 3.05) is 6.61 Å². The highest BCUT2D eigenvalue weighted by atomic mass is 16.5. The van der Waals surface area contributed by atoms with Gasteiger partial charge >= 0.3 is 0 Å². The van der Waals surface area contributed by atoms with Gasteiger partial charge in [-0.1, -0.05) is 23.4 Å². The van der Waals surface area contributed by atoms with Gasteiger partial charge in [0.25, 0.3) is 0 Å². The van der Waals surface area contributed by atoms with Crippen LogP contribution >= 0.6 is 0 Å². The monoisotopic (exact) mass is 259 g/mol. The van der Waals surface area contributed by atoms with Crippen molar-refractivity contribution in [2.24, 2.45) is 5.73 Å². The van der Waals surface area contributed by atoms with Crippen LogP contribution < -0.4 is 10.5 Å². The quantitative estimate of drug-likeness (QED) is 0.894. The summed E-state index contributed by atoms with van der Waals surface area (Å²) in [4.78, 5) is 4.45. The minimum atomic E-state index is -0.615. The summed E-state index contributed by atoms with van der Waals surface area (Å²) >= 11 is 0. The maximum atomic E-state index is 5.97. The Bertz CT molecular complexity index is 586. The Morgan fingerprint density at radius 2 is 2.11 bits per heavy atom. The highest BCUT2D eigenvalue weighted by Gasteiger charge is 2.29. The average Bonchev–Trinajstić information content (AvgIpc) is 2.87. The summed E-state index contributed by atoms with van der Waals surface area (Å²) < 4.78 is 10.9. The van der Waals surface area contributed by atoms with Crippen LogP contribution in [-0.4, -0.2) is 16.7 Å². The fourth-order valence-electron chi connectivity index (χ4n) is 2.25. The highest BCUT2D eigenvalue weighted by Crippen LogP contribution is 2.36. The molecule has 1 aliphatic heterocycles. The van der Waals surface area contributed by atoms with Gasteiger partial charge in [-0.05, 0) is 26.3 Å². The second-order valence-corrected chi connectivity index (χ2v) is 5.41. The molecule has 3 rings (SSSR count). The summed E-state index contributed by atoms with van der Waals surface area (Å²) in [6.07, 6.45) is 0.848. The molecule has 2 heterocycles. The topological polar surface area (TPSA) is 74.2 Å². The molecule has 2 aromatic rings. The summed E-state index contributed by atoms with van der Waals surface area (Å²) in [6.45, 7) is 4.36. The van der Waals surface area contributed by atoms with E-state index in [4.69, 9.17) is 15.0 Å². The molecule has 5 heteroatoms. The number of hydrogen-bond acceptors (Lipinski definition) is 5.